The van der Waals surface area contributed by atoms with Crippen LogP contribution >= 0.6 is 0 Å². The van der Waals surface area contributed by atoms with E-state index in [9.17, 15) is 28.3 Å². The zero-order chi connectivity index (χ0) is 31.5. The zero-order valence-electron chi connectivity index (χ0n) is 24.9. The lowest BCUT2D eigenvalue weighted by molar-refractivity contribution is -0.138. The number of nitrogens with one attached hydrogen (secondary N) is 1. The molecule has 2 aliphatic carbocycles. The van der Waals surface area contributed by atoms with Crippen LogP contribution in [0.2, 0.25) is 0 Å². The van der Waals surface area contributed by atoms with Crippen molar-refractivity contribution in [2.24, 2.45) is 5.92 Å². The lowest BCUT2D eigenvalue weighted by atomic mass is 9.81. The first-order chi connectivity index (χ1) is 21.1. The molecule has 2 aliphatic rings. The van der Waals surface area contributed by atoms with Gasteiger partial charge >= 0.3 is 6.18 Å². The van der Waals surface area contributed by atoms with E-state index in [4.69, 9.17) is 0 Å². The summed E-state index contributed by atoms with van der Waals surface area (Å²) in [6.07, 6.45) is 8.76. The minimum atomic E-state index is -4.68. The molecule has 1 aromatic heterocycles. The van der Waals surface area contributed by atoms with Crippen molar-refractivity contribution in [2.75, 3.05) is 5.32 Å². The molecule has 1 amide bonds. The number of benzene rings is 2. The fraction of sp³-hybridized carbons (Fsp3) is 0.333. The maximum Gasteiger partial charge on any atom is 0.418 e. The normalized spacial score (nSPS) is 16.4. The first kappa shape index (κ1) is 31.1. The molecule has 3 aromatic rings. The molecule has 1 saturated carbocycles. The van der Waals surface area contributed by atoms with E-state index in [0.29, 0.717) is 23.6 Å². The number of hydrogen-bond acceptors (Lipinski definition) is 3. The van der Waals surface area contributed by atoms with Crippen LogP contribution in [0.5, 0.6) is 0 Å². The number of allylic oxidation sites excluding steroid dienone is 4. The lowest BCUT2D eigenvalue weighted by Crippen LogP contribution is -2.28. The third-order valence-electron chi connectivity index (χ3n) is 8.53. The molecule has 5 rings (SSSR count). The number of halogens is 3. The van der Waals surface area contributed by atoms with Gasteiger partial charge in [0.25, 0.3) is 5.91 Å². The molecule has 0 bridgehead atoms. The SMILES string of the molecule is CCC1=CC=C(C(O)(CCC2CC2)c2cccc(NC(=O)c3cc(C(F)(F)F)c(CC)n3-c3cccc(C#N)c3)c2)C=CC1. The van der Waals surface area contributed by atoms with E-state index in [1.54, 1.807) is 43.3 Å². The van der Waals surface area contributed by atoms with Gasteiger partial charge < -0.3 is 15.0 Å². The van der Waals surface area contributed by atoms with E-state index in [1.165, 1.54) is 16.2 Å². The Balaban J connectivity index is 1.53. The summed E-state index contributed by atoms with van der Waals surface area (Å²) in [6.45, 7) is 3.69. The average molecular weight is 600 g/mol. The fourth-order valence-corrected chi connectivity index (χ4v) is 5.85. The van der Waals surface area contributed by atoms with Crippen molar-refractivity contribution in [1.29, 1.82) is 5.26 Å². The van der Waals surface area contributed by atoms with E-state index in [2.05, 4.69) is 24.4 Å². The van der Waals surface area contributed by atoms with Crippen molar-refractivity contribution < 1.29 is 23.1 Å². The molecule has 44 heavy (non-hydrogen) atoms. The minimum Gasteiger partial charge on any atom is -0.380 e. The highest BCUT2D eigenvalue weighted by Crippen LogP contribution is 2.43. The van der Waals surface area contributed by atoms with E-state index in [-0.39, 0.29) is 29.1 Å². The van der Waals surface area contributed by atoms with Crippen LogP contribution in [0.3, 0.4) is 0 Å². The van der Waals surface area contributed by atoms with Crippen molar-refractivity contribution >= 4 is 11.6 Å². The number of aromatic nitrogens is 1. The van der Waals surface area contributed by atoms with E-state index < -0.39 is 23.2 Å². The Morgan fingerprint density at radius 1 is 1.07 bits per heavy atom. The summed E-state index contributed by atoms with van der Waals surface area (Å²) in [5.74, 6) is -0.148. The van der Waals surface area contributed by atoms with Gasteiger partial charge in [0.2, 0.25) is 0 Å². The number of hydrogen-bond donors (Lipinski definition) is 2. The number of alkyl halides is 3. The van der Waals surface area contributed by atoms with Gasteiger partial charge in [0.05, 0.1) is 17.2 Å². The van der Waals surface area contributed by atoms with Gasteiger partial charge in [-0.15, -0.1) is 0 Å². The van der Waals surface area contributed by atoms with Gasteiger partial charge in [-0.2, -0.15) is 18.4 Å². The number of nitrogens with zero attached hydrogens (tertiary/aromatic N) is 2. The average Bonchev–Trinajstić information content (AvgIpc) is 3.81. The fourth-order valence-electron chi connectivity index (χ4n) is 5.85. The lowest BCUT2D eigenvalue weighted by Gasteiger charge is -2.31. The number of amides is 1. The summed E-state index contributed by atoms with van der Waals surface area (Å²) in [7, 11) is 0. The van der Waals surface area contributed by atoms with Crippen LogP contribution in [0.25, 0.3) is 5.69 Å². The number of rotatable bonds is 10. The number of nitriles is 1. The van der Waals surface area contributed by atoms with Gasteiger partial charge in [0.15, 0.2) is 0 Å². The third kappa shape index (κ3) is 6.58. The maximum atomic E-state index is 14.1. The summed E-state index contributed by atoms with van der Waals surface area (Å²) in [4.78, 5) is 13.7. The molecule has 2 N–H and O–H groups in total. The Labute approximate surface area is 256 Å². The van der Waals surface area contributed by atoms with Gasteiger partial charge in [0, 0.05) is 17.1 Å². The Hall–Kier alpha value is -4.35. The Morgan fingerprint density at radius 3 is 2.52 bits per heavy atom. The van der Waals surface area contributed by atoms with Gasteiger partial charge in [-0.25, -0.2) is 0 Å². The predicted molar refractivity (Wildman–Crippen MR) is 165 cm³/mol. The zero-order valence-corrected chi connectivity index (χ0v) is 24.9. The van der Waals surface area contributed by atoms with Gasteiger partial charge in [-0.05, 0) is 85.6 Å². The van der Waals surface area contributed by atoms with Crippen LogP contribution in [-0.4, -0.2) is 15.6 Å². The quantitative estimate of drug-likeness (QED) is 0.245. The number of carbonyl (C=O) groups is 1. The summed E-state index contributed by atoms with van der Waals surface area (Å²) in [6, 6.07) is 15.9. The summed E-state index contributed by atoms with van der Waals surface area (Å²) >= 11 is 0. The molecule has 0 saturated heterocycles. The molecule has 5 nitrogen and oxygen atoms in total. The summed E-state index contributed by atoms with van der Waals surface area (Å²) in [5.41, 5.74) is 1.04. The topological polar surface area (TPSA) is 78.0 Å². The van der Waals surface area contributed by atoms with Gasteiger partial charge in [-0.1, -0.05) is 74.8 Å². The monoisotopic (exact) mass is 599 g/mol. The van der Waals surface area contributed by atoms with Crippen molar-refractivity contribution in [2.45, 2.75) is 70.6 Å². The van der Waals surface area contributed by atoms with Gasteiger partial charge in [0.1, 0.15) is 11.3 Å². The maximum absolute atomic E-state index is 14.1. The largest absolute Gasteiger partial charge is 0.418 e. The standard InChI is InChI=1S/C36H36F3N3O2/c1-3-24-8-5-10-27(17-16-24)35(44,19-18-25-14-15-25)28-11-7-12-29(21-28)41-34(43)33-22-31(36(37,38)39)32(4-2)42(33)30-13-6-9-26(20-30)23-40/h5-7,9-13,16-17,20-22,25,44H,3-4,8,14-15,18-19H2,1-2H3,(H,41,43). The Morgan fingerprint density at radius 2 is 1.84 bits per heavy atom. The van der Waals surface area contributed by atoms with Crippen molar-refractivity contribution in [3.05, 3.63) is 118 Å². The third-order valence-corrected chi connectivity index (χ3v) is 8.53. The molecule has 1 unspecified atom stereocenters. The van der Waals surface area contributed by atoms with Crippen LogP contribution in [-0.2, 0) is 18.2 Å². The molecule has 1 atom stereocenters. The van der Waals surface area contributed by atoms with Gasteiger partial charge in [-0.3, -0.25) is 4.79 Å². The predicted octanol–water partition coefficient (Wildman–Crippen LogP) is 8.78. The van der Waals surface area contributed by atoms with Crippen molar-refractivity contribution in [3.63, 3.8) is 0 Å². The molecule has 2 aromatic carbocycles. The first-order valence-electron chi connectivity index (χ1n) is 15.1. The van der Waals surface area contributed by atoms with Crippen LogP contribution in [0.1, 0.15) is 85.2 Å². The van der Waals surface area contributed by atoms with Crippen molar-refractivity contribution in [3.8, 4) is 11.8 Å². The minimum absolute atomic E-state index is 0.0131. The highest BCUT2D eigenvalue weighted by atomic mass is 19.4. The molecule has 8 heteroatoms. The van der Waals surface area contributed by atoms with Crippen molar-refractivity contribution in [1.82, 2.24) is 4.57 Å². The molecule has 0 aliphatic heterocycles. The second-order valence-electron chi connectivity index (χ2n) is 11.5. The van der Waals surface area contributed by atoms with Crippen LogP contribution in [0.4, 0.5) is 18.9 Å². The molecular formula is C36H36F3N3O2. The number of carbonyl (C=O) groups excluding carboxylic acids is 1. The second kappa shape index (κ2) is 12.7. The van der Waals surface area contributed by atoms with Crippen LogP contribution < -0.4 is 5.32 Å². The van der Waals surface area contributed by atoms with E-state index >= 15 is 0 Å². The second-order valence-corrected chi connectivity index (χ2v) is 11.5. The van der Waals surface area contributed by atoms with Crippen LogP contribution in [0.15, 0.2) is 90.0 Å². The Bertz CT molecular complexity index is 1680. The summed E-state index contributed by atoms with van der Waals surface area (Å²) < 4.78 is 43.6. The highest BCUT2D eigenvalue weighted by Gasteiger charge is 2.38. The van der Waals surface area contributed by atoms with E-state index in [1.807, 2.05) is 24.3 Å². The van der Waals surface area contributed by atoms with E-state index in [0.717, 1.165) is 43.7 Å². The first-order valence-corrected chi connectivity index (χ1v) is 15.1. The highest BCUT2D eigenvalue weighted by molar-refractivity contribution is 6.04. The Kier molecular flexibility index (Phi) is 8.98. The molecule has 228 valence electrons. The van der Waals surface area contributed by atoms with Crippen LogP contribution in [0, 0.1) is 17.2 Å². The number of aliphatic hydroxyl groups is 1. The number of anilines is 1. The molecule has 1 fully saturated rings. The molecular weight excluding hydrogens is 563 g/mol. The molecule has 0 radical (unpaired) electrons. The molecule has 0 spiro atoms. The molecule has 1 heterocycles. The summed E-state index contributed by atoms with van der Waals surface area (Å²) in [5, 5.41) is 24.4. The smallest absolute Gasteiger partial charge is 0.380 e.